The van der Waals surface area contributed by atoms with E-state index in [0.717, 1.165) is 61.4 Å². The number of benzene rings is 1. The van der Waals surface area contributed by atoms with Crippen LogP contribution in [0.2, 0.25) is 0 Å². The van der Waals surface area contributed by atoms with E-state index < -0.39 is 6.09 Å². The number of hydrogen-bond donors (Lipinski definition) is 2. The van der Waals surface area contributed by atoms with Gasteiger partial charge in [0.25, 0.3) is 0 Å². The van der Waals surface area contributed by atoms with E-state index in [-0.39, 0.29) is 0 Å². The van der Waals surface area contributed by atoms with Crippen molar-refractivity contribution < 1.29 is 9.90 Å². The quantitative estimate of drug-likeness (QED) is 0.614. The monoisotopic (exact) mass is 460 g/mol. The highest BCUT2D eigenvalue weighted by Crippen LogP contribution is 2.35. The summed E-state index contributed by atoms with van der Waals surface area (Å²) in [5, 5.41) is 9.43. The number of para-hydroxylation sites is 1. The zero-order chi connectivity index (χ0) is 23.2. The lowest BCUT2D eigenvalue weighted by atomic mass is 9.84. The van der Waals surface area contributed by atoms with Gasteiger partial charge >= 0.3 is 6.09 Å². The van der Waals surface area contributed by atoms with Crippen molar-refractivity contribution in [2.45, 2.75) is 38.3 Å². The summed E-state index contributed by atoms with van der Waals surface area (Å²) < 4.78 is 0. The number of hydrogen-bond acceptors (Lipinski definition) is 5. The summed E-state index contributed by atoms with van der Waals surface area (Å²) in [4.78, 5) is 31.2. The fourth-order valence-electron chi connectivity index (χ4n) is 6.39. The second-order valence-corrected chi connectivity index (χ2v) is 10.3. The number of rotatable bonds is 4. The number of aromatic amines is 1. The first-order valence-electron chi connectivity index (χ1n) is 12.4. The van der Waals surface area contributed by atoms with Gasteiger partial charge in [-0.1, -0.05) is 12.1 Å². The number of fused-ring (bicyclic) bond motifs is 4. The van der Waals surface area contributed by atoms with E-state index in [1.807, 2.05) is 12.3 Å². The normalized spacial score (nSPS) is 24.5. The van der Waals surface area contributed by atoms with E-state index in [1.165, 1.54) is 17.7 Å². The van der Waals surface area contributed by atoms with Crippen molar-refractivity contribution in [2.24, 2.45) is 11.8 Å². The number of nitrogens with zero attached hydrogens (tertiary/aromatic N) is 5. The highest BCUT2D eigenvalue weighted by molar-refractivity contribution is 5.89. The molecule has 0 saturated carbocycles. The van der Waals surface area contributed by atoms with E-state index >= 15 is 0 Å². The number of aromatic nitrogens is 3. The highest BCUT2D eigenvalue weighted by Gasteiger charge is 2.36. The molecule has 3 aliphatic rings. The van der Waals surface area contributed by atoms with Gasteiger partial charge in [-0.2, -0.15) is 0 Å². The number of aryl methyl sites for hydroxylation is 1. The molecule has 8 nitrogen and oxygen atoms in total. The number of nitrogens with one attached hydrogen (secondary N) is 1. The standard InChI is InChI=1S/C26H32N6O2/c1-30(21-8-2-5-19-6-4-10-27-24(19)21)16-23-28-20-7-3-9-22(25(20)29-23)31-12-17-11-18(13-31)15-32(14-17)26(33)34/h3-4,6-7,9-10,17-18,21H,2,5,8,11-16H2,1H3,(H,28,29)(H,33,34)/t17-,18-,21-/m0/s1. The average Bonchev–Trinajstić information content (AvgIpc) is 3.25. The molecule has 34 heavy (non-hydrogen) atoms. The zero-order valence-electron chi connectivity index (χ0n) is 19.7. The predicted octanol–water partition coefficient (Wildman–Crippen LogP) is 3.90. The van der Waals surface area contributed by atoms with Crippen LogP contribution >= 0.6 is 0 Å². The molecule has 8 heteroatoms. The van der Waals surface area contributed by atoms with E-state index in [4.69, 9.17) is 9.97 Å². The Kier molecular flexibility index (Phi) is 5.40. The first-order chi connectivity index (χ1) is 16.5. The van der Waals surface area contributed by atoms with Crippen LogP contribution in [0.4, 0.5) is 10.5 Å². The van der Waals surface area contributed by atoms with Crippen molar-refractivity contribution in [3.63, 3.8) is 0 Å². The molecule has 2 aromatic heterocycles. The summed E-state index contributed by atoms with van der Waals surface area (Å²) >= 11 is 0. The Morgan fingerprint density at radius 1 is 1.18 bits per heavy atom. The number of carboxylic acid groups (broad SMARTS) is 1. The molecule has 3 aromatic rings. The van der Waals surface area contributed by atoms with Crippen LogP contribution in [-0.4, -0.2) is 69.2 Å². The Bertz CT molecular complexity index is 1190. The Hall–Kier alpha value is -3.13. The largest absolute Gasteiger partial charge is 0.465 e. The van der Waals surface area contributed by atoms with Crippen molar-refractivity contribution in [3.05, 3.63) is 53.6 Å². The highest BCUT2D eigenvalue weighted by atomic mass is 16.4. The minimum atomic E-state index is -0.790. The lowest BCUT2D eigenvalue weighted by molar-refractivity contribution is 0.0901. The Balaban J connectivity index is 1.22. The molecule has 1 amide bonds. The molecule has 2 saturated heterocycles. The number of H-pyrrole nitrogens is 1. The van der Waals surface area contributed by atoms with E-state index in [1.54, 1.807) is 4.90 Å². The van der Waals surface area contributed by atoms with E-state index in [0.29, 0.717) is 31.0 Å². The van der Waals surface area contributed by atoms with Crippen LogP contribution in [0.3, 0.4) is 0 Å². The molecule has 0 spiro atoms. The number of imidazole rings is 1. The Morgan fingerprint density at radius 3 is 2.79 bits per heavy atom. The van der Waals surface area contributed by atoms with Crippen molar-refractivity contribution in [1.82, 2.24) is 24.8 Å². The molecule has 0 unspecified atom stereocenters. The number of amides is 1. The lowest BCUT2D eigenvalue weighted by Crippen LogP contribution is -2.54. The number of likely N-dealkylation sites (tertiary alicyclic amines) is 1. The van der Waals surface area contributed by atoms with Crippen LogP contribution in [0.1, 0.15) is 42.4 Å². The van der Waals surface area contributed by atoms with Gasteiger partial charge in [-0.15, -0.1) is 0 Å². The summed E-state index contributed by atoms with van der Waals surface area (Å²) in [7, 11) is 2.17. The minimum Gasteiger partial charge on any atom is -0.465 e. The fraction of sp³-hybridized carbons (Fsp3) is 0.500. The van der Waals surface area contributed by atoms with Crippen molar-refractivity contribution in [1.29, 1.82) is 0 Å². The molecular formula is C26H32N6O2. The van der Waals surface area contributed by atoms with Gasteiger partial charge in [0.05, 0.1) is 29.5 Å². The number of anilines is 1. The van der Waals surface area contributed by atoms with E-state index in [2.05, 4.69) is 46.1 Å². The third-order valence-corrected chi connectivity index (χ3v) is 7.83. The van der Waals surface area contributed by atoms with E-state index in [9.17, 15) is 9.90 Å². The number of piperidine rings is 2. The second-order valence-electron chi connectivity index (χ2n) is 10.3. The van der Waals surface area contributed by atoms with Crippen LogP contribution < -0.4 is 4.90 Å². The minimum absolute atomic E-state index is 0.316. The van der Waals surface area contributed by atoms with Gasteiger partial charge in [0.1, 0.15) is 11.3 Å². The molecular weight excluding hydrogens is 428 g/mol. The first kappa shape index (κ1) is 21.4. The topological polar surface area (TPSA) is 88.6 Å². The van der Waals surface area contributed by atoms with Crippen molar-refractivity contribution >= 4 is 22.8 Å². The smallest absolute Gasteiger partial charge is 0.407 e. The SMILES string of the molecule is CN(Cc1nc2c(N3C[C@@H]4C[C@H](CN(C(=O)O)C4)C3)cccc2[nH]1)[C@H]1CCCc2cccnc21. The van der Waals surface area contributed by atoms with Crippen LogP contribution in [0, 0.1) is 11.8 Å². The maximum atomic E-state index is 11.5. The molecule has 2 aliphatic heterocycles. The molecule has 2 fully saturated rings. The number of pyridine rings is 1. The Labute approximate surface area is 199 Å². The summed E-state index contributed by atoms with van der Waals surface area (Å²) in [6.45, 7) is 3.77. The van der Waals surface area contributed by atoms with Crippen molar-refractivity contribution in [2.75, 3.05) is 38.1 Å². The molecule has 0 radical (unpaired) electrons. The molecule has 1 aromatic carbocycles. The Morgan fingerprint density at radius 2 is 2.00 bits per heavy atom. The van der Waals surface area contributed by atoms with Crippen LogP contribution in [0.15, 0.2) is 36.5 Å². The van der Waals surface area contributed by atoms with Crippen LogP contribution in [0.25, 0.3) is 11.0 Å². The third kappa shape index (κ3) is 3.90. The molecule has 2 N–H and O–H groups in total. The average molecular weight is 461 g/mol. The maximum Gasteiger partial charge on any atom is 0.407 e. The lowest BCUT2D eigenvalue weighted by Gasteiger charge is -2.45. The second kappa shape index (κ2) is 8.58. The zero-order valence-corrected chi connectivity index (χ0v) is 19.7. The summed E-state index contributed by atoms with van der Waals surface area (Å²) in [6.07, 6.45) is 5.65. The molecule has 1 aliphatic carbocycles. The van der Waals surface area contributed by atoms with Gasteiger partial charge in [-0.05, 0) is 68.3 Å². The van der Waals surface area contributed by atoms with Gasteiger partial charge in [0.2, 0.25) is 0 Å². The molecule has 178 valence electrons. The molecule has 4 heterocycles. The molecule has 6 rings (SSSR count). The van der Waals surface area contributed by atoms with Gasteiger partial charge < -0.3 is 19.9 Å². The molecule has 3 atom stereocenters. The summed E-state index contributed by atoms with van der Waals surface area (Å²) in [6, 6.07) is 10.9. The summed E-state index contributed by atoms with van der Waals surface area (Å²) in [5.74, 6) is 1.73. The molecule has 2 bridgehead atoms. The predicted molar refractivity (Wildman–Crippen MR) is 131 cm³/mol. The van der Waals surface area contributed by atoms with Gasteiger partial charge in [-0.25, -0.2) is 9.78 Å². The first-order valence-corrected chi connectivity index (χ1v) is 12.4. The maximum absolute atomic E-state index is 11.5. The van der Waals surface area contributed by atoms with Crippen molar-refractivity contribution in [3.8, 4) is 0 Å². The summed E-state index contributed by atoms with van der Waals surface area (Å²) in [5.41, 5.74) is 5.82. The van der Waals surface area contributed by atoms with Crippen LogP contribution in [-0.2, 0) is 13.0 Å². The number of carbonyl (C=O) groups is 1. The van der Waals surface area contributed by atoms with Gasteiger partial charge in [0.15, 0.2) is 0 Å². The van der Waals surface area contributed by atoms with Gasteiger partial charge in [0, 0.05) is 32.4 Å². The van der Waals surface area contributed by atoms with Crippen LogP contribution in [0.5, 0.6) is 0 Å². The fourth-order valence-corrected chi connectivity index (χ4v) is 6.39. The van der Waals surface area contributed by atoms with Gasteiger partial charge in [-0.3, -0.25) is 9.88 Å². The third-order valence-electron chi connectivity index (χ3n) is 7.83.